The summed E-state index contributed by atoms with van der Waals surface area (Å²) in [6.07, 6.45) is 2.14. The minimum atomic E-state index is -3.14. The maximum Gasteiger partial charge on any atom is 0.268 e. The number of nitriles is 1. The lowest BCUT2D eigenvalue weighted by molar-refractivity contribution is -0.131. The Morgan fingerprint density at radius 3 is 2.66 bits per heavy atom. The van der Waals surface area contributed by atoms with Gasteiger partial charge in [0.2, 0.25) is 5.91 Å². The van der Waals surface area contributed by atoms with Gasteiger partial charge in [-0.15, -0.1) is 0 Å². The molecule has 2 heterocycles. The van der Waals surface area contributed by atoms with Crippen molar-refractivity contribution in [1.29, 1.82) is 5.26 Å². The average Bonchev–Trinajstić information content (AvgIpc) is 3.12. The molecule has 32 heavy (non-hydrogen) atoms. The summed E-state index contributed by atoms with van der Waals surface area (Å²) in [5.74, 6) is -4.94. The number of nitrogens with zero attached hydrogens (tertiary/aromatic N) is 3. The van der Waals surface area contributed by atoms with Crippen molar-refractivity contribution in [3.63, 3.8) is 0 Å². The topological polar surface area (TPSA) is 86.1 Å². The summed E-state index contributed by atoms with van der Waals surface area (Å²) in [5.41, 5.74) is 1.19. The average molecular weight is 438 g/mol. The summed E-state index contributed by atoms with van der Waals surface area (Å²) in [5, 5.41) is 12.4. The van der Waals surface area contributed by atoms with Crippen LogP contribution in [0.15, 0.2) is 54.9 Å². The number of carbonyl (C=O) groups excluding carboxylic acids is 2. The number of likely N-dealkylation sites (tertiary alicyclic amines) is 1. The Bertz CT molecular complexity index is 1260. The Balaban J connectivity index is 1.58. The molecule has 0 aliphatic carbocycles. The van der Waals surface area contributed by atoms with Gasteiger partial charge in [0.25, 0.3) is 11.8 Å². The quantitative estimate of drug-likeness (QED) is 0.675. The number of rotatable bonds is 4. The predicted octanol–water partition coefficient (Wildman–Crippen LogP) is 3.53. The highest BCUT2D eigenvalue weighted by atomic mass is 19.3. The number of nitrogens with one attached hydrogen (secondary N) is 1. The number of amides is 2. The van der Waals surface area contributed by atoms with Crippen LogP contribution in [0.4, 0.5) is 13.2 Å². The van der Waals surface area contributed by atoms with Crippen LogP contribution < -0.4 is 5.32 Å². The molecular formula is C23H17F3N4O2. The van der Waals surface area contributed by atoms with E-state index in [4.69, 9.17) is 5.26 Å². The van der Waals surface area contributed by atoms with Gasteiger partial charge < -0.3 is 10.2 Å². The van der Waals surface area contributed by atoms with Crippen LogP contribution in [0.5, 0.6) is 0 Å². The fourth-order valence-electron chi connectivity index (χ4n) is 3.85. The molecule has 1 N–H and O–H groups in total. The molecule has 6 nitrogen and oxygen atoms in total. The second kappa shape index (κ2) is 8.30. The molecule has 4 rings (SSSR count). The highest BCUT2D eigenvalue weighted by Crippen LogP contribution is 2.33. The van der Waals surface area contributed by atoms with Crippen molar-refractivity contribution in [3.05, 3.63) is 66.2 Å². The summed E-state index contributed by atoms with van der Waals surface area (Å²) in [6.45, 7) is -1.40. The normalized spacial score (nSPS) is 17.2. The first kappa shape index (κ1) is 21.3. The monoisotopic (exact) mass is 438 g/mol. The van der Waals surface area contributed by atoms with Gasteiger partial charge in [0.15, 0.2) is 0 Å². The van der Waals surface area contributed by atoms with Gasteiger partial charge in [0.05, 0.1) is 24.7 Å². The van der Waals surface area contributed by atoms with E-state index in [-0.39, 0.29) is 5.56 Å². The zero-order chi connectivity index (χ0) is 22.9. The Labute approximate surface area is 181 Å². The lowest BCUT2D eigenvalue weighted by Gasteiger charge is -2.19. The molecule has 1 atom stereocenters. The number of carbonyl (C=O) groups is 2. The molecule has 1 fully saturated rings. The number of alkyl halides is 2. The molecule has 0 saturated carbocycles. The number of pyridine rings is 1. The fourth-order valence-corrected chi connectivity index (χ4v) is 3.85. The van der Waals surface area contributed by atoms with Crippen LogP contribution in [-0.4, -0.2) is 46.8 Å². The van der Waals surface area contributed by atoms with E-state index in [9.17, 15) is 22.8 Å². The molecule has 0 unspecified atom stereocenters. The van der Waals surface area contributed by atoms with Crippen LogP contribution in [0.25, 0.3) is 21.9 Å². The van der Waals surface area contributed by atoms with Gasteiger partial charge in [0.1, 0.15) is 11.9 Å². The first-order chi connectivity index (χ1) is 15.3. The van der Waals surface area contributed by atoms with E-state index < -0.39 is 49.1 Å². The molecule has 9 heteroatoms. The molecule has 2 amide bonds. The van der Waals surface area contributed by atoms with Gasteiger partial charge in [-0.2, -0.15) is 5.26 Å². The molecule has 162 valence electrons. The Kier molecular flexibility index (Phi) is 5.53. The summed E-state index contributed by atoms with van der Waals surface area (Å²) in [4.78, 5) is 30.1. The zero-order valence-electron chi connectivity index (χ0n) is 16.7. The summed E-state index contributed by atoms with van der Waals surface area (Å²) >= 11 is 0. The summed E-state index contributed by atoms with van der Waals surface area (Å²) in [7, 11) is 0. The first-order valence-electron chi connectivity index (χ1n) is 9.77. The first-order valence-corrected chi connectivity index (χ1v) is 9.77. The van der Waals surface area contributed by atoms with Crippen molar-refractivity contribution >= 4 is 22.6 Å². The lowest BCUT2D eigenvalue weighted by atomic mass is 9.95. The van der Waals surface area contributed by atoms with Gasteiger partial charge in [-0.05, 0) is 23.1 Å². The zero-order valence-corrected chi connectivity index (χ0v) is 16.7. The SMILES string of the molecule is N#C[C@@H]1CC(F)(F)CN1C(=O)CNC(=O)c1ccncc1-c1ccc(F)c2ccccc12. The smallest absolute Gasteiger partial charge is 0.268 e. The van der Waals surface area contributed by atoms with E-state index >= 15 is 0 Å². The Morgan fingerprint density at radius 2 is 1.91 bits per heavy atom. The van der Waals surface area contributed by atoms with Crippen LogP contribution in [0.2, 0.25) is 0 Å². The molecule has 1 saturated heterocycles. The minimum absolute atomic E-state index is 0.188. The van der Waals surface area contributed by atoms with E-state index in [1.54, 1.807) is 36.4 Å². The molecular weight excluding hydrogens is 421 g/mol. The molecule has 1 aliphatic rings. The number of benzene rings is 2. The molecule has 0 radical (unpaired) electrons. The second-order valence-corrected chi connectivity index (χ2v) is 7.47. The number of halogens is 3. The van der Waals surface area contributed by atoms with Gasteiger partial charge in [-0.25, -0.2) is 13.2 Å². The van der Waals surface area contributed by atoms with Crippen LogP contribution >= 0.6 is 0 Å². The molecule has 3 aromatic rings. The van der Waals surface area contributed by atoms with Gasteiger partial charge in [-0.1, -0.05) is 30.3 Å². The van der Waals surface area contributed by atoms with Crippen molar-refractivity contribution in [3.8, 4) is 17.2 Å². The standard InChI is InChI=1S/C23H17F3N4O2/c24-20-6-5-16(15-3-1-2-4-17(15)20)19-11-28-8-7-18(19)22(32)29-12-21(31)30-13-23(25,26)9-14(30)10-27/h1-8,11,14H,9,12-13H2,(H,29,32)/t14-/m0/s1. The van der Waals surface area contributed by atoms with Crippen molar-refractivity contribution in [2.24, 2.45) is 0 Å². The van der Waals surface area contributed by atoms with Crippen molar-refractivity contribution < 1.29 is 22.8 Å². The highest BCUT2D eigenvalue weighted by Gasteiger charge is 2.47. The molecule has 0 bridgehead atoms. The number of hydrogen-bond acceptors (Lipinski definition) is 4. The Hall–Kier alpha value is -3.93. The maximum absolute atomic E-state index is 14.2. The van der Waals surface area contributed by atoms with Crippen LogP contribution in [-0.2, 0) is 4.79 Å². The van der Waals surface area contributed by atoms with Crippen LogP contribution in [0.3, 0.4) is 0 Å². The molecule has 0 spiro atoms. The predicted molar refractivity (Wildman–Crippen MR) is 110 cm³/mol. The molecule has 2 aromatic carbocycles. The Morgan fingerprint density at radius 1 is 1.16 bits per heavy atom. The third-order valence-electron chi connectivity index (χ3n) is 5.37. The number of fused-ring (bicyclic) bond motifs is 1. The largest absolute Gasteiger partial charge is 0.343 e. The number of hydrogen-bond donors (Lipinski definition) is 1. The minimum Gasteiger partial charge on any atom is -0.343 e. The third kappa shape index (κ3) is 3.99. The van der Waals surface area contributed by atoms with Crippen molar-refractivity contribution in [2.75, 3.05) is 13.1 Å². The van der Waals surface area contributed by atoms with Crippen LogP contribution in [0, 0.1) is 17.1 Å². The van der Waals surface area contributed by atoms with Crippen LogP contribution in [0.1, 0.15) is 16.8 Å². The van der Waals surface area contributed by atoms with Crippen molar-refractivity contribution in [1.82, 2.24) is 15.2 Å². The maximum atomic E-state index is 14.2. The van der Waals surface area contributed by atoms with E-state index in [1.165, 1.54) is 24.5 Å². The third-order valence-corrected chi connectivity index (χ3v) is 5.37. The highest BCUT2D eigenvalue weighted by molar-refractivity contribution is 6.06. The van der Waals surface area contributed by atoms with E-state index in [0.29, 0.717) is 21.9 Å². The van der Waals surface area contributed by atoms with Gasteiger partial charge in [0, 0.05) is 29.8 Å². The number of aromatic nitrogens is 1. The summed E-state index contributed by atoms with van der Waals surface area (Å²) in [6, 6.07) is 11.5. The van der Waals surface area contributed by atoms with E-state index in [2.05, 4.69) is 10.3 Å². The fraction of sp³-hybridized carbons (Fsp3) is 0.217. The molecule has 1 aliphatic heterocycles. The van der Waals surface area contributed by atoms with E-state index in [0.717, 1.165) is 4.90 Å². The summed E-state index contributed by atoms with van der Waals surface area (Å²) < 4.78 is 41.4. The van der Waals surface area contributed by atoms with Crippen molar-refractivity contribution in [2.45, 2.75) is 18.4 Å². The molecule has 1 aromatic heterocycles. The second-order valence-electron chi connectivity index (χ2n) is 7.47. The lowest BCUT2D eigenvalue weighted by Crippen LogP contribution is -2.43. The van der Waals surface area contributed by atoms with Gasteiger partial charge in [-0.3, -0.25) is 14.6 Å². The van der Waals surface area contributed by atoms with E-state index in [1.807, 2.05) is 0 Å². The van der Waals surface area contributed by atoms with Gasteiger partial charge >= 0.3 is 0 Å².